The standard InChI is InChI=1S/C22H20N2O6/c25-20(14-7-2-1-3-8-14)18-19(16-10-4-5-11-17(16)24(28)29)23(22(27)21(18)26)13-15-9-6-12-30-15/h1-5,7-8,10-11,15,19,25H,6,9,12-13H2/b20-18+/t15-,19+/m1/s1. The number of amides is 1. The van der Waals surface area contributed by atoms with Gasteiger partial charge >= 0.3 is 0 Å². The van der Waals surface area contributed by atoms with Crippen molar-refractivity contribution in [3.05, 3.63) is 81.4 Å². The molecular formula is C22H20N2O6. The van der Waals surface area contributed by atoms with E-state index in [4.69, 9.17) is 4.74 Å². The van der Waals surface area contributed by atoms with Crippen molar-refractivity contribution in [2.45, 2.75) is 25.0 Å². The van der Waals surface area contributed by atoms with Gasteiger partial charge in [0, 0.05) is 24.8 Å². The highest BCUT2D eigenvalue weighted by atomic mass is 16.6. The number of carbonyl (C=O) groups excluding carboxylic acids is 2. The summed E-state index contributed by atoms with van der Waals surface area (Å²) in [5, 5.41) is 22.6. The molecule has 2 aromatic carbocycles. The maximum atomic E-state index is 12.9. The number of benzene rings is 2. The van der Waals surface area contributed by atoms with E-state index < -0.39 is 22.7 Å². The summed E-state index contributed by atoms with van der Waals surface area (Å²) >= 11 is 0. The Labute approximate surface area is 172 Å². The molecule has 8 nitrogen and oxygen atoms in total. The number of nitro benzene ring substituents is 1. The van der Waals surface area contributed by atoms with Crippen molar-refractivity contribution in [3.8, 4) is 0 Å². The van der Waals surface area contributed by atoms with Gasteiger partial charge in [-0.15, -0.1) is 0 Å². The second-order valence-corrected chi connectivity index (χ2v) is 7.27. The van der Waals surface area contributed by atoms with Crippen LogP contribution in [0.2, 0.25) is 0 Å². The molecule has 4 rings (SSSR count). The van der Waals surface area contributed by atoms with Crippen LogP contribution in [0.15, 0.2) is 60.2 Å². The Hall–Kier alpha value is -3.52. The first-order valence-electron chi connectivity index (χ1n) is 9.67. The van der Waals surface area contributed by atoms with E-state index in [1.54, 1.807) is 36.4 Å². The van der Waals surface area contributed by atoms with Crippen molar-refractivity contribution in [2.24, 2.45) is 0 Å². The van der Waals surface area contributed by atoms with Gasteiger partial charge in [-0.25, -0.2) is 0 Å². The molecule has 2 fully saturated rings. The van der Waals surface area contributed by atoms with Crippen molar-refractivity contribution < 1.29 is 24.4 Å². The van der Waals surface area contributed by atoms with Crippen LogP contribution in [0.5, 0.6) is 0 Å². The molecule has 0 unspecified atom stereocenters. The minimum atomic E-state index is -1.07. The minimum Gasteiger partial charge on any atom is -0.507 e. The fourth-order valence-electron chi connectivity index (χ4n) is 4.04. The smallest absolute Gasteiger partial charge is 0.295 e. The number of Topliss-reactive ketones (excluding diaryl/α,β-unsaturated/α-hetero) is 1. The zero-order valence-electron chi connectivity index (χ0n) is 16.1. The van der Waals surface area contributed by atoms with Gasteiger partial charge in [-0.2, -0.15) is 0 Å². The Kier molecular flexibility index (Phi) is 5.33. The fourth-order valence-corrected chi connectivity index (χ4v) is 4.04. The van der Waals surface area contributed by atoms with E-state index in [0.717, 1.165) is 12.8 Å². The lowest BCUT2D eigenvalue weighted by molar-refractivity contribution is -0.385. The molecule has 0 radical (unpaired) electrons. The Bertz CT molecular complexity index is 1030. The van der Waals surface area contributed by atoms with Crippen LogP contribution >= 0.6 is 0 Å². The number of nitrogens with zero attached hydrogens (tertiary/aromatic N) is 2. The van der Waals surface area contributed by atoms with Crippen molar-refractivity contribution in [2.75, 3.05) is 13.2 Å². The van der Waals surface area contributed by atoms with E-state index in [-0.39, 0.29) is 35.2 Å². The summed E-state index contributed by atoms with van der Waals surface area (Å²) in [7, 11) is 0. The molecule has 2 heterocycles. The van der Waals surface area contributed by atoms with Crippen LogP contribution in [0.25, 0.3) is 5.76 Å². The van der Waals surface area contributed by atoms with Crippen molar-refractivity contribution in [1.82, 2.24) is 4.90 Å². The first kappa shape index (κ1) is 19.8. The third-order valence-corrected chi connectivity index (χ3v) is 5.44. The average molecular weight is 408 g/mol. The first-order chi connectivity index (χ1) is 14.5. The number of likely N-dealkylation sites (tertiary alicyclic amines) is 1. The Balaban J connectivity index is 1.89. The summed E-state index contributed by atoms with van der Waals surface area (Å²) in [6.07, 6.45) is 1.31. The highest BCUT2D eigenvalue weighted by molar-refractivity contribution is 6.46. The van der Waals surface area contributed by atoms with Crippen molar-refractivity contribution in [3.63, 3.8) is 0 Å². The van der Waals surface area contributed by atoms with Crippen LogP contribution in [0.1, 0.15) is 30.0 Å². The van der Waals surface area contributed by atoms with Crippen molar-refractivity contribution in [1.29, 1.82) is 0 Å². The number of carbonyl (C=O) groups is 2. The summed E-state index contributed by atoms with van der Waals surface area (Å²) in [6, 6.07) is 13.2. The summed E-state index contributed by atoms with van der Waals surface area (Å²) < 4.78 is 5.62. The number of nitro groups is 1. The number of hydrogen-bond donors (Lipinski definition) is 1. The Morgan fingerprint density at radius 2 is 1.83 bits per heavy atom. The molecule has 2 aromatic rings. The molecule has 0 saturated carbocycles. The van der Waals surface area contributed by atoms with Crippen LogP contribution in [-0.4, -0.2) is 45.9 Å². The lowest BCUT2D eigenvalue weighted by atomic mass is 9.94. The predicted octanol–water partition coefficient (Wildman–Crippen LogP) is 3.20. The van der Waals surface area contributed by atoms with E-state index in [2.05, 4.69) is 0 Å². The second kappa shape index (κ2) is 8.08. The van der Waals surface area contributed by atoms with Gasteiger partial charge in [0.25, 0.3) is 17.4 Å². The number of hydrogen-bond acceptors (Lipinski definition) is 6. The molecule has 8 heteroatoms. The van der Waals surface area contributed by atoms with Gasteiger partial charge in [0.15, 0.2) is 0 Å². The first-order valence-corrected chi connectivity index (χ1v) is 9.67. The molecule has 1 N–H and O–H groups in total. The van der Waals surface area contributed by atoms with Gasteiger partial charge in [0.1, 0.15) is 5.76 Å². The molecule has 0 bridgehead atoms. The molecule has 2 atom stereocenters. The van der Waals surface area contributed by atoms with Crippen LogP contribution in [-0.2, 0) is 14.3 Å². The third-order valence-electron chi connectivity index (χ3n) is 5.44. The summed E-state index contributed by atoms with van der Waals surface area (Å²) in [5.74, 6) is -2.02. The monoisotopic (exact) mass is 408 g/mol. The molecule has 2 aliphatic heterocycles. The normalized spacial score (nSPS) is 23.1. The average Bonchev–Trinajstić information content (AvgIpc) is 3.36. The van der Waals surface area contributed by atoms with Gasteiger partial charge in [0.2, 0.25) is 0 Å². The van der Waals surface area contributed by atoms with E-state index in [0.29, 0.717) is 12.2 Å². The highest BCUT2D eigenvalue weighted by Gasteiger charge is 2.48. The van der Waals surface area contributed by atoms with Crippen molar-refractivity contribution >= 4 is 23.1 Å². The largest absolute Gasteiger partial charge is 0.507 e. The molecule has 0 spiro atoms. The number of aliphatic hydroxyl groups is 1. The molecular weight excluding hydrogens is 388 g/mol. The molecule has 0 aliphatic carbocycles. The zero-order chi connectivity index (χ0) is 21.3. The number of ketones is 1. The Morgan fingerprint density at radius 3 is 2.50 bits per heavy atom. The molecule has 1 amide bonds. The molecule has 2 aliphatic rings. The number of ether oxygens (including phenoxy) is 1. The van der Waals surface area contributed by atoms with Gasteiger partial charge in [-0.05, 0) is 18.9 Å². The van der Waals surface area contributed by atoms with E-state index in [1.165, 1.54) is 23.1 Å². The van der Waals surface area contributed by atoms with Crippen LogP contribution in [0.4, 0.5) is 5.69 Å². The number of aliphatic hydroxyl groups excluding tert-OH is 1. The van der Waals surface area contributed by atoms with Gasteiger partial charge in [-0.1, -0.05) is 42.5 Å². The van der Waals surface area contributed by atoms with E-state index >= 15 is 0 Å². The molecule has 2 saturated heterocycles. The topological polar surface area (TPSA) is 110 Å². The van der Waals surface area contributed by atoms with E-state index in [1.807, 2.05) is 0 Å². The van der Waals surface area contributed by atoms with Crippen LogP contribution < -0.4 is 0 Å². The quantitative estimate of drug-likeness (QED) is 0.267. The van der Waals surface area contributed by atoms with Gasteiger partial charge in [-0.3, -0.25) is 19.7 Å². The van der Waals surface area contributed by atoms with Crippen LogP contribution in [0.3, 0.4) is 0 Å². The summed E-state index contributed by atoms with van der Waals surface area (Å²) in [5.41, 5.74) is 0.160. The van der Waals surface area contributed by atoms with E-state index in [9.17, 15) is 24.8 Å². The van der Waals surface area contributed by atoms with Gasteiger partial charge in [0.05, 0.1) is 28.2 Å². The SMILES string of the molecule is O=C1C(=O)N(C[C@H]2CCCO2)[C@@H](c2ccccc2[N+](=O)[O-])/C1=C(\O)c1ccccc1. The molecule has 154 valence electrons. The number of para-hydroxylation sites is 1. The third kappa shape index (κ3) is 3.46. The maximum absolute atomic E-state index is 12.9. The van der Waals surface area contributed by atoms with Gasteiger partial charge < -0.3 is 14.7 Å². The number of rotatable bonds is 5. The highest BCUT2D eigenvalue weighted by Crippen LogP contribution is 2.42. The lowest BCUT2D eigenvalue weighted by Crippen LogP contribution is -2.36. The summed E-state index contributed by atoms with van der Waals surface area (Å²) in [4.78, 5) is 38.2. The predicted molar refractivity (Wildman–Crippen MR) is 108 cm³/mol. The molecule has 0 aromatic heterocycles. The van der Waals surface area contributed by atoms with Crippen LogP contribution in [0, 0.1) is 10.1 Å². The second-order valence-electron chi connectivity index (χ2n) is 7.27. The maximum Gasteiger partial charge on any atom is 0.295 e. The molecule has 30 heavy (non-hydrogen) atoms. The Morgan fingerprint density at radius 1 is 1.13 bits per heavy atom. The zero-order valence-corrected chi connectivity index (χ0v) is 16.1. The minimum absolute atomic E-state index is 0.118. The lowest BCUT2D eigenvalue weighted by Gasteiger charge is -2.27. The summed E-state index contributed by atoms with van der Waals surface area (Å²) in [6.45, 7) is 0.682. The fraction of sp³-hybridized carbons (Fsp3) is 0.273.